The fraction of sp³-hybridized carbons (Fsp3) is 0.286. The second-order valence-electron chi connectivity index (χ2n) is 4.67. The zero-order valence-corrected chi connectivity index (χ0v) is 13.9. The highest BCUT2D eigenvalue weighted by Crippen LogP contribution is 2.34. The lowest BCUT2D eigenvalue weighted by molar-refractivity contribution is 0.601. The Bertz CT molecular complexity index is 686. The van der Waals surface area contributed by atoms with Gasteiger partial charge in [-0.25, -0.2) is 8.42 Å². The first-order valence-corrected chi connectivity index (χ1v) is 9.14. The van der Waals surface area contributed by atoms with Gasteiger partial charge in [0, 0.05) is 11.1 Å². The fourth-order valence-electron chi connectivity index (χ4n) is 2.01. The van der Waals surface area contributed by atoms with Gasteiger partial charge >= 0.3 is 0 Å². The molecule has 0 fully saturated rings. The quantitative estimate of drug-likeness (QED) is 0.934. The maximum Gasteiger partial charge on any atom is 0.175 e. The van der Waals surface area contributed by atoms with Gasteiger partial charge in [0.2, 0.25) is 0 Å². The zero-order valence-electron chi connectivity index (χ0n) is 11.5. The van der Waals surface area contributed by atoms with Gasteiger partial charge in [0.25, 0.3) is 0 Å². The van der Waals surface area contributed by atoms with E-state index in [0.29, 0.717) is 4.90 Å². The normalized spacial score (nSPS) is 13.4. The number of sulfone groups is 1. The fourth-order valence-corrected chi connectivity index (χ4v) is 3.99. The van der Waals surface area contributed by atoms with Gasteiger partial charge < -0.3 is 5.32 Å². The third-order valence-corrected chi connectivity index (χ3v) is 5.84. The molecule has 3 nitrogen and oxygen atoms in total. The van der Waals surface area contributed by atoms with Crippen LogP contribution in [-0.4, -0.2) is 21.7 Å². The van der Waals surface area contributed by atoms with Crippen LogP contribution in [0.25, 0.3) is 0 Å². The summed E-state index contributed by atoms with van der Waals surface area (Å²) in [7, 11) is -1.29. The highest BCUT2D eigenvalue weighted by atomic mass is 35.5. The van der Waals surface area contributed by atoms with Crippen LogP contribution in [-0.2, 0) is 9.84 Å². The lowest BCUT2D eigenvalue weighted by Gasteiger charge is -2.15. The van der Waals surface area contributed by atoms with Gasteiger partial charge in [-0.05, 0) is 43.3 Å². The Morgan fingerprint density at radius 2 is 1.85 bits per heavy atom. The molecule has 6 heteroatoms. The molecule has 20 heavy (non-hydrogen) atoms. The molecule has 0 spiro atoms. The molecule has 0 radical (unpaired) electrons. The van der Waals surface area contributed by atoms with Gasteiger partial charge in [0.05, 0.1) is 15.3 Å². The molecule has 1 N–H and O–H groups in total. The molecule has 0 aliphatic rings. The number of hydrogen-bond acceptors (Lipinski definition) is 4. The van der Waals surface area contributed by atoms with E-state index in [1.165, 1.54) is 17.6 Å². The summed E-state index contributed by atoms with van der Waals surface area (Å²) in [6.07, 6.45) is 1.21. The third kappa shape index (κ3) is 3.23. The van der Waals surface area contributed by atoms with E-state index in [-0.39, 0.29) is 6.04 Å². The SMILES string of the molecule is CNC(c1ccc(S(C)(=O)=O)cc1)c1cc(C)c(Cl)s1. The van der Waals surface area contributed by atoms with Gasteiger partial charge in [-0.2, -0.15) is 0 Å². The number of benzene rings is 1. The average molecular weight is 330 g/mol. The van der Waals surface area contributed by atoms with Gasteiger partial charge in [0.15, 0.2) is 9.84 Å². The Morgan fingerprint density at radius 1 is 1.25 bits per heavy atom. The van der Waals surface area contributed by atoms with Crippen LogP contribution in [0, 0.1) is 6.92 Å². The van der Waals surface area contributed by atoms with Gasteiger partial charge in [-0.15, -0.1) is 11.3 Å². The molecule has 1 aromatic heterocycles. The van der Waals surface area contributed by atoms with E-state index in [1.807, 2.05) is 26.1 Å². The van der Waals surface area contributed by atoms with Crippen molar-refractivity contribution in [3.63, 3.8) is 0 Å². The summed E-state index contributed by atoms with van der Waals surface area (Å²) in [4.78, 5) is 1.44. The Kier molecular flexibility index (Phi) is 4.54. The topological polar surface area (TPSA) is 46.2 Å². The second-order valence-corrected chi connectivity index (χ2v) is 8.37. The molecule has 0 saturated carbocycles. The Balaban J connectivity index is 2.37. The first kappa shape index (κ1) is 15.5. The molecule has 2 rings (SSSR count). The predicted octanol–water partition coefficient (Wildman–Crippen LogP) is 3.42. The highest BCUT2D eigenvalue weighted by Gasteiger charge is 2.16. The molecule has 1 unspecified atom stereocenters. The summed E-state index contributed by atoms with van der Waals surface area (Å²) in [6.45, 7) is 1.97. The predicted molar refractivity (Wildman–Crippen MR) is 84.5 cm³/mol. The Labute approximate surface area is 128 Å². The van der Waals surface area contributed by atoms with E-state index in [2.05, 4.69) is 11.4 Å². The summed E-state index contributed by atoms with van der Waals surface area (Å²) >= 11 is 7.65. The van der Waals surface area contributed by atoms with Crippen LogP contribution in [0.4, 0.5) is 0 Å². The van der Waals surface area contributed by atoms with Crippen molar-refractivity contribution in [3.8, 4) is 0 Å². The summed E-state index contributed by atoms with van der Waals surface area (Å²) in [5, 5.41) is 3.24. The second kappa shape index (κ2) is 5.85. The van der Waals surface area contributed by atoms with Crippen LogP contribution >= 0.6 is 22.9 Å². The number of halogens is 1. The van der Waals surface area contributed by atoms with Crippen molar-refractivity contribution in [2.75, 3.05) is 13.3 Å². The van der Waals surface area contributed by atoms with Gasteiger partial charge in [-0.3, -0.25) is 0 Å². The van der Waals surface area contributed by atoms with E-state index < -0.39 is 9.84 Å². The molecule has 1 heterocycles. The molecule has 0 aliphatic heterocycles. The van der Waals surface area contributed by atoms with E-state index in [9.17, 15) is 8.42 Å². The largest absolute Gasteiger partial charge is 0.309 e. The van der Waals surface area contributed by atoms with Crippen molar-refractivity contribution in [1.29, 1.82) is 0 Å². The van der Waals surface area contributed by atoms with Crippen molar-refractivity contribution in [1.82, 2.24) is 5.32 Å². The first-order chi connectivity index (χ1) is 9.32. The van der Waals surface area contributed by atoms with Crippen molar-refractivity contribution in [2.45, 2.75) is 17.9 Å². The van der Waals surface area contributed by atoms with Crippen molar-refractivity contribution < 1.29 is 8.42 Å². The standard InChI is InChI=1S/C14H16ClNO2S2/c1-9-8-12(19-14(9)15)13(16-2)10-4-6-11(7-5-10)20(3,17)18/h4-8,13,16H,1-3H3. The molecular formula is C14H16ClNO2S2. The number of aryl methyl sites for hydroxylation is 1. The Morgan fingerprint density at radius 3 is 2.25 bits per heavy atom. The van der Waals surface area contributed by atoms with E-state index in [4.69, 9.17) is 11.6 Å². The summed E-state index contributed by atoms with van der Waals surface area (Å²) < 4.78 is 23.7. The van der Waals surface area contributed by atoms with Crippen LogP contribution in [0.3, 0.4) is 0 Å². The molecule has 0 bridgehead atoms. The molecule has 1 aromatic carbocycles. The molecule has 0 saturated heterocycles. The molecule has 0 aliphatic carbocycles. The molecular weight excluding hydrogens is 314 g/mol. The molecule has 108 valence electrons. The van der Waals surface area contributed by atoms with Crippen LogP contribution < -0.4 is 5.32 Å². The molecule has 2 aromatic rings. The minimum Gasteiger partial charge on any atom is -0.309 e. The van der Waals surface area contributed by atoms with E-state index in [0.717, 1.165) is 20.3 Å². The van der Waals surface area contributed by atoms with Gasteiger partial charge in [0.1, 0.15) is 0 Å². The van der Waals surface area contributed by atoms with Crippen LogP contribution in [0.15, 0.2) is 35.2 Å². The van der Waals surface area contributed by atoms with Crippen molar-refractivity contribution in [2.24, 2.45) is 0 Å². The summed E-state index contributed by atoms with van der Waals surface area (Å²) in [5.74, 6) is 0. The first-order valence-electron chi connectivity index (χ1n) is 6.06. The smallest absolute Gasteiger partial charge is 0.175 e. The zero-order chi connectivity index (χ0) is 14.9. The highest BCUT2D eigenvalue weighted by molar-refractivity contribution is 7.90. The third-order valence-electron chi connectivity index (χ3n) is 3.09. The van der Waals surface area contributed by atoms with E-state index in [1.54, 1.807) is 12.1 Å². The minimum absolute atomic E-state index is 0.0137. The number of hydrogen-bond donors (Lipinski definition) is 1. The molecule has 0 amide bonds. The lowest BCUT2D eigenvalue weighted by atomic mass is 10.1. The average Bonchev–Trinajstić information content (AvgIpc) is 2.70. The summed E-state index contributed by atoms with van der Waals surface area (Å²) in [6, 6.07) is 9.01. The van der Waals surface area contributed by atoms with Crippen LogP contribution in [0.2, 0.25) is 4.34 Å². The summed E-state index contributed by atoms with van der Waals surface area (Å²) in [5.41, 5.74) is 2.07. The van der Waals surface area contributed by atoms with Crippen molar-refractivity contribution in [3.05, 3.63) is 50.7 Å². The van der Waals surface area contributed by atoms with Crippen molar-refractivity contribution >= 4 is 32.8 Å². The minimum atomic E-state index is -3.16. The number of thiophene rings is 1. The maximum absolute atomic E-state index is 11.5. The Hall–Kier alpha value is -0.880. The monoisotopic (exact) mass is 329 g/mol. The van der Waals surface area contributed by atoms with Gasteiger partial charge in [-0.1, -0.05) is 23.7 Å². The van der Waals surface area contributed by atoms with E-state index >= 15 is 0 Å². The lowest BCUT2D eigenvalue weighted by Crippen LogP contribution is -2.16. The van der Waals surface area contributed by atoms with Crippen LogP contribution in [0.1, 0.15) is 22.0 Å². The number of nitrogens with one attached hydrogen (secondary N) is 1. The maximum atomic E-state index is 11.5. The molecule has 1 atom stereocenters. The van der Waals surface area contributed by atoms with Crippen LogP contribution in [0.5, 0.6) is 0 Å². The number of rotatable bonds is 4.